The van der Waals surface area contributed by atoms with Crippen molar-refractivity contribution in [2.45, 2.75) is 11.1 Å². The predicted octanol–water partition coefficient (Wildman–Crippen LogP) is 1.64. The number of amides is 1. The van der Waals surface area contributed by atoms with E-state index < -0.39 is 35.2 Å². The fourth-order valence-electron chi connectivity index (χ4n) is 2.37. The normalized spacial score (nSPS) is 15.3. The molecule has 0 spiro atoms. The molecule has 1 aromatic carbocycles. The summed E-state index contributed by atoms with van der Waals surface area (Å²) >= 11 is 0. The van der Waals surface area contributed by atoms with Crippen LogP contribution in [0.25, 0.3) is 0 Å². The smallest absolute Gasteiger partial charge is 0.349 e. The average Bonchev–Trinajstić information content (AvgIpc) is 2.78. The molecule has 0 saturated heterocycles. The average molecular weight is 375 g/mol. The van der Waals surface area contributed by atoms with Crippen molar-refractivity contribution in [1.29, 1.82) is 0 Å². The Bertz CT molecular complexity index is 819. The van der Waals surface area contributed by atoms with Crippen LogP contribution < -0.4 is 0 Å². The maximum absolute atomic E-state index is 12.6. The molecular weight excluding hydrogens is 359 g/mol. The quantitative estimate of drug-likeness (QED) is 0.734. The standard InChI is InChI=1S/C15H16F3N3O3S/c1-3-8-21(10-15(16,17)18)13(22)9-20(2)14-11-6-4-5-7-12(11)25(23,24)19-14/h3-7H,1,8-10H2,2H3. The molecule has 0 fully saturated rings. The molecule has 0 radical (unpaired) electrons. The Morgan fingerprint density at radius 3 is 2.56 bits per heavy atom. The van der Waals surface area contributed by atoms with Gasteiger partial charge in [-0.25, -0.2) is 0 Å². The van der Waals surface area contributed by atoms with E-state index in [1.54, 1.807) is 6.07 Å². The summed E-state index contributed by atoms with van der Waals surface area (Å²) in [4.78, 5) is 14.0. The summed E-state index contributed by atoms with van der Waals surface area (Å²) in [6.07, 6.45) is -3.35. The van der Waals surface area contributed by atoms with Crippen LogP contribution in [0, 0.1) is 0 Å². The Balaban J connectivity index is 2.20. The van der Waals surface area contributed by atoms with Gasteiger partial charge >= 0.3 is 6.18 Å². The second-order valence-corrected chi connectivity index (χ2v) is 6.99. The molecule has 25 heavy (non-hydrogen) atoms. The first kappa shape index (κ1) is 19.0. The van der Waals surface area contributed by atoms with Crippen molar-refractivity contribution >= 4 is 21.8 Å². The van der Waals surface area contributed by atoms with E-state index in [9.17, 15) is 26.4 Å². The number of hydrogen-bond donors (Lipinski definition) is 0. The SMILES string of the molecule is C=CCN(CC(F)(F)F)C(=O)CN(C)C1=NS(=O)(=O)c2ccccc21. The zero-order valence-corrected chi connectivity index (χ0v) is 14.1. The molecule has 0 saturated carbocycles. The number of carbonyl (C=O) groups excluding carboxylic acids is 1. The number of benzene rings is 1. The Morgan fingerprint density at radius 1 is 1.32 bits per heavy atom. The van der Waals surface area contributed by atoms with E-state index in [-0.39, 0.29) is 17.3 Å². The number of likely N-dealkylation sites (N-methyl/N-ethyl adjacent to an activating group) is 1. The van der Waals surface area contributed by atoms with Gasteiger partial charge in [-0.1, -0.05) is 18.2 Å². The molecule has 0 N–H and O–H groups in total. The first-order valence-corrected chi connectivity index (χ1v) is 8.60. The van der Waals surface area contributed by atoms with Crippen LogP contribution >= 0.6 is 0 Å². The van der Waals surface area contributed by atoms with Gasteiger partial charge in [0.25, 0.3) is 10.0 Å². The van der Waals surface area contributed by atoms with Gasteiger partial charge in [-0.2, -0.15) is 21.6 Å². The molecule has 1 heterocycles. The summed E-state index contributed by atoms with van der Waals surface area (Å²) in [5.74, 6) is -0.793. The van der Waals surface area contributed by atoms with Gasteiger partial charge in [0, 0.05) is 19.2 Å². The highest BCUT2D eigenvalue weighted by atomic mass is 32.2. The molecule has 2 rings (SSSR count). The van der Waals surface area contributed by atoms with Gasteiger partial charge in [0.05, 0.1) is 6.54 Å². The zero-order chi connectivity index (χ0) is 18.8. The molecule has 6 nitrogen and oxygen atoms in total. The molecule has 1 aliphatic heterocycles. The van der Waals surface area contributed by atoms with Crippen molar-refractivity contribution in [2.24, 2.45) is 4.40 Å². The third kappa shape index (κ3) is 4.38. The van der Waals surface area contributed by atoms with Gasteiger partial charge in [-0.05, 0) is 12.1 Å². The molecule has 136 valence electrons. The molecule has 0 aromatic heterocycles. The first-order chi connectivity index (χ1) is 11.5. The Morgan fingerprint density at radius 2 is 1.96 bits per heavy atom. The molecule has 0 bridgehead atoms. The lowest BCUT2D eigenvalue weighted by molar-refractivity contribution is -0.160. The van der Waals surface area contributed by atoms with Gasteiger partial charge in [-0.15, -0.1) is 11.0 Å². The van der Waals surface area contributed by atoms with Gasteiger partial charge in [-0.3, -0.25) is 4.79 Å². The Kier molecular flexibility index (Phi) is 5.21. The number of rotatable bonds is 5. The van der Waals surface area contributed by atoms with E-state index in [1.165, 1.54) is 36.2 Å². The van der Waals surface area contributed by atoms with Crippen molar-refractivity contribution in [1.82, 2.24) is 9.80 Å². The van der Waals surface area contributed by atoms with Crippen molar-refractivity contribution in [3.63, 3.8) is 0 Å². The van der Waals surface area contributed by atoms with E-state index in [1.807, 2.05) is 0 Å². The van der Waals surface area contributed by atoms with Gasteiger partial charge < -0.3 is 9.80 Å². The van der Waals surface area contributed by atoms with Crippen LogP contribution in [0.5, 0.6) is 0 Å². The minimum Gasteiger partial charge on any atom is -0.349 e. The minimum atomic E-state index is -4.54. The summed E-state index contributed by atoms with van der Waals surface area (Å²) in [5, 5.41) is 0. The van der Waals surface area contributed by atoms with Crippen molar-refractivity contribution in [3.05, 3.63) is 42.5 Å². The lowest BCUT2D eigenvalue weighted by Gasteiger charge is -2.26. The third-order valence-corrected chi connectivity index (χ3v) is 4.74. The second-order valence-electron chi connectivity index (χ2n) is 5.42. The van der Waals surface area contributed by atoms with Gasteiger partial charge in [0.1, 0.15) is 11.4 Å². The zero-order valence-electron chi connectivity index (χ0n) is 13.3. The molecular formula is C15H16F3N3O3S. The van der Waals surface area contributed by atoms with E-state index in [2.05, 4.69) is 11.0 Å². The van der Waals surface area contributed by atoms with Crippen LogP contribution in [0.2, 0.25) is 0 Å². The Labute approximate surface area is 143 Å². The van der Waals surface area contributed by atoms with E-state index >= 15 is 0 Å². The summed E-state index contributed by atoms with van der Waals surface area (Å²) in [7, 11) is -2.47. The van der Waals surface area contributed by atoms with Crippen LogP contribution in [0.4, 0.5) is 13.2 Å². The monoisotopic (exact) mass is 375 g/mol. The summed E-state index contributed by atoms with van der Waals surface area (Å²) in [6, 6.07) is 6.05. The lowest BCUT2D eigenvalue weighted by atomic mass is 10.2. The van der Waals surface area contributed by atoms with Gasteiger partial charge in [0.2, 0.25) is 5.91 Å². The van der Waals surface area contributed by atoms with Crippen LogP contribution in [-0.4, -0.2) is 62.8 Å². The maximum atomic E-state index is 12.6. The highest BCUT2D eigenvalue weighted by Crippen LogP contribution is 2.27. The van der Waals surface area contributed by atoms with E-state index in [0.717, 1.165) is 0 Å². The minimum absolute atomic E-state index is 0.00235. The number of hydrogen-bond acceptors (Lipinski definition) is 4. The second kappa shape index (κ2) is 6.87. The summed E-state index contributed by atoms with van der Waals surface area (Å²) in [6.45, 7) is 1.21. The highest BCUT2D eigenvalue weighted by molar-refractivity contribution is 7.90. The highest BCUT2D eigenvalue weighted by Gasteiger charge is 2.34. The fourth-order valence-corrected chi connectivity index (χ4v) is 3.62. The van der Waals surface area contributed by atoms with Crippen molar-refractivity contribution in [3.8, 4) is 0 Å². The molecule has 10 heteroatoms. The number of amidine groups is 1. The molecule has 0 atom stereocenters. The molecule has 1 amide bonds. The lowest BCUT2D eigenvalue weighted by Crippen LogP contribution is -2.45. The predicted molar refractivity (Wildman–Crippen MR) is 85.6 cm³/mol. The number of sulfonamides is 1. The Hall–Kier alpha value is -2.36. The number of fused-ring (bicyclic) bond motifs is 1. The maximum Gasteiger partial charge on any atom is 0.406 e. The number of carbonyl (C=O) groups is 1. The summed E-state index contributed by atoms with van der Waals surface area (Å²) in [5.41, 5.74) is 0.309. The molecule has 0 unspecified atom stereocenters. The van der Waals surface area contributed by atoms with Crippen LogP contribution in [0.15, 0.2) is 46.2 Å². The van der Waals surface area contributed by atoms with Crippen LogP contribution in [-0.2, 0) is 14.8 Å². The fraction of sp³-hybridized carbons (Fsp3) is 0.333. The van der Waals surface area contributed by atoms with Gasteiger partial charge in [0.15, 0.2) is 5.84 Å². The molecule has 1 aliphatic rings. The summed E-state index contributed by atoms with van der Waals surface area (Å²) < 4.78 is 65.4. The number of alkyl halides is 3. The topological polar surface area (TPSA) is 70.1 Å². The van der Waals surface area contributed by atoms with Crippen molar-refractivity contribution < 1.29 is 26.4 Å². The molecule has 1 aromatic rings. The van der Waals surface area contributed by atoms with E-state index in [4.69, 9.17) is 0 Å². The molecule has 0 aliphatic carbocycles. The number of nitrogens with zero attached hydrogens (tertiary/aromatic N) is 3. The largest absolute Gasteiger partial charge is 0.406 e. The first-order valence-electron chi connectivity index (χ1n) is 7.16. The third-order valence-electron chi connectivity index (χ3n) is 3.42. The number of halogens is 3. The van der Waals surface area contributed by atoms with E-state index in [0.29, 0.717) is 10.5 Å². The van der Waals surface area contributed by atoms with Crippen LogP contribution in [0.3, 0.4) is 0 Å². The van der Waals surface area contributed by atoms with Crippen LogP contribution in [0.1, 0.15) is 5.56 Å². The van der Waals surface area contributed by atoms with Crippen molar-refractivity contribution in [2.75, 3.05) is 26.7 Å².